The van der Waals surface area contributed by atoms with Crippen molar-refractivity contribution in [3.63, 3.8) is 0 Å². The second-order valence-electron chi connectivity index (χ2n) is 5.49. The average Bonchev–Trinajstić information content (AvgIpc) is 2.44. The summed E-state index contributed by atoms with van der Waals surface area (Å²) < 4.78 is 24.6. The Bertz CT molecular complexity index is 597. The van der Waals surface area contributed by atoms with Gasteiger partial charge in [-0.2, -0.15) is 0 Å². The zero-order chi connectivity index (χ0) is 16.0. The zero-order valence-electron chi connectivity index (χ0n) is 12.7. The van der Waals surface area contributed by atoms with E-state index in [9.17, 15) is 8.42 Å². The molecule has 3 N–H and O–H groups in total. The minimum absolute atomic E-state index is 0.0375. The molecule has 0 spiro atoms. The molecule has 7 heteroatoms. The molecule has 0 atom stereocenters. The van der Waals surface area contributed by atoms with Gasteiger partial charge in [0.15, 0.2) is 15.7 Å². The first kappa shape index (κ1) is 17.5. The maximum Gasteiger partial charge on any atom is 0.179 e. The van der Waals surface area contributed by atoms with Crippen molar-refractivity contribution in [2.45, 2.75) is 18.7 Å². The molecular weight excluding hydrogens is 290 g/mol. The summed E-state index contributed by atoms with van der Waals surface area (Å²) in [6.07, 6.45) is 0. The van der Waals surface area contributed by atoms with E-state index < -0.39 is 9.84 Å². The largest absolute Gasteiger partial charge is 0.409 e. The van der Waals surface area contributed by atoms with Gasteiger partial charge < -0.3 is 15.8 Å². The van der Waals surface area contributed by atoms with Crippen LogP contribution in [0, 0.1) is 5.92 Å². The Kier molecular flexibility index (Phi) is 6.17. The Morgan fingerprint density at radius 2 is 2.10 bits per heavy atom. The van der Waals surface area contributed by atoms with E-state index in [4.69, 9.17) is 10.9 Å². The van der Waals surface area contributed by atoms with E-state index in [2.05, 4.69) is 19.0 Å². The van der Waals surface area contributed by atoms with Crippen molar-refractivity contribution in [2.24, 2.45) is 16.8 Å². The summed E-state index contributed by atoms with van der Waals surface area (Å²) in [7, 11) is -1.48. The molecule has 0 unspecified atom stereocenters. The third-order valence-electron chi connectivity index (χ3n) is 3.02. The van der Waals surface area contributed by atoms with E-state index in [-0.39, 0.29) is 16.5 Å². The second-order valence-corrected chi connectivity index (χ2v) is 7.60. The first-order valence-electron chi connectivity index (χ1n) is 6.75. The van der Waals surface area contributed by atoms with Gasteiger partial charge in [0.05, 0.1) is 10.6 Å². The summed E-state index contributed by atoms with van der Waals surface area (Å²) in [5, 5.41) is 11.5. The van der Waals surface area contributed by atoms with E-state index in [0.717, 1.165) is 6.54 Å². The molecule has 0 saturated heterocycles. The molecule has 0 saturated carbocycles. The van der Waals surface area contributed by atoms with Gasteiger partial charge in [-0.25, -0.2) is 8.42 Å². The third kappa shape index (κ3) is 5.35. The van der Waals surface area contributed by atoms with Gasteiger partial charge in [-0.05, 0) is 25.1 Å². The molecule has 0 aliphatic carbocycles. The number of nitrogens with zero attached hydrogens (tertiary/aromatic N) is 2. The first-order chi connectivity index (χ1) is 9.76. The minimum Gasteiger partial charge on any atom is -0.409 e. The maximum absolute atomic E-state index is 12.3. The number of nitrogens with two attached hydrogens (primary N) is 1. The fraction of sp³-hybridized carbons (Fsp3) is 0.500. The number of sulfone groups is 1. The fourth-order valence-electron chi connectivity index (χ4n) is 2.02. The molecule has 118 valence electrons. The summed E-state index contributed by atoms with van der Waals surface area (Å²) >= 11 is 0. The van der Waals surface area contributed by atoms with Gasteiger partial charge in [-0.3, -0.25) is 0 Å². The summed E-state index contributed by atoms with van der Waals surface area (Å²) in [6.45, 7) is 5.49. The van der Waals surface area contributed by atoms with Crippen molar-refractivity contribution in [3.8, 4) is 0 Å². The van der Waals surface area contributed by atoms with Gasteiger partial charge in [0.25, 0.3) is 0 Å². The third-order valence-corrected chi connectivity index (χ3v) is 4.71. The van der Waals surface area contributed by atoms with Gasteiger partial charge in [0.2, 0.25) is 0 Å². The van der Waals surface area contributed by atoms with E-state index in [1.54, 1.807) is 12.1 Å². The van der Waals surface area contributed by atoms with Crippen LogP contribution < -0.4 is 5.73 Å². The van der Waals surface area contributed by atoms with Crippen LogP contribution in [0.2, 0.25) is 0 Å². The van der Waals surface area contributed by atoms with E-state index >= 15 is 0 Å². The van der Waals surface area contributed by atoms with Crippen molar-refractivity contribution < 1.29 is 13.6 Å². The van der Waals surface area contributed by atoms with E-state index in [1.165, 1.54) is 12.1 Å². The molecule has 0 amide bonds. The van der Waals surface area contributed by atoms with Crippen LogP contribution in [-0.2, 0) is 9.84 Å². The van der Waals surface area contributed by atoms with Gasteiger partial charge in [-0.15, -0.1) is 0 Å². The molecule has 0 heterocycles. The van der Waals surface area contributed by atoms with Crippen molar-refractivity contribution in [1.29, 1.82) is 0 Å². The Morgan fingerprint density at radius 1 is 1.43 bits per heavy atom. The minimum atomic E-state index is -3.39. The SMILES string of the molecule is CC(C)CN(C)CCS(=O)(=O)c1cccc(/C(N)=N/O)c1. The lowest BCUT2D eigenvalue weighted by molar-refractivity contribution is 0.311. The van der Waals surface area contributed by atoms with Gasteiger partial charge in [0, 0.05) is 18.7 Å². The summed E-state index contributed by atoms with van der Waals surface area (Å²) in [6, 6.07) is 6.12. The summed E-state index contributed by atoms with van der Waals surface area (Å²) in [5.74, 6) is 0.418. The maximum atomic E-state index is 12.3. The number of hydrogen-bond donors (Lipinski definition) is 2. The molecule has 6 nitrogen and oxygen atoms in total. The zero-order valence-corrected chi connectivity index (χ0v) is 13.5. The van der Waals surface area contributed by atoms with Crippen molar-refractivity contribution in [2.75, 3.05) is 25.9 Å². The molecule has 1 aromatic carbocycles. The van der Waals surface area contributed by atoms with E-state index in [1.807, 2.05) is 11.9 Å². The Hall–Kier alpha value is -1.60. The highest BCUT2D eigenvalue weighted by Crippen LogP contribution is 2.14. The number of rotatable bonds is 7. The van der Waals surface area contributed by atoms with Crippen LogP contribution in [0.3, 0.4) is 0 Å². The molecule has 0 aliphatic heterocycles. The van der Waals surface area contributed by atoms with Crippen LogP contribution >= 0.6 is 0 Å². The van der Waals surface area contributed by atoms with Crippen LogP contribution in [0.5, 0.6) is 0 Å². The first-order valence-corrected chi connectivity index (χ1v) is 8.40. The molecule has 0 fully saturated rings. The number of hydrogen-bond acceptors (Lipinski definition) is 5. The lowest BCUT2D eigenvalue weighted by Gasteiger charge is -2.18. The highest BCUT2D eigenvalue weighted by atomic mass is 32.2. The molecule has 0 aromatic heterocycles. The molecule has 1 rings (SSSR count). The summed E-state index contributed by atoms with van der Waals surface area (Å²) in [4.78, 5) is 2.18. The van der Waals surface area contributed by atoms with Crippen molar-refractivity contribution in [1.82, 2.24) is 4.90 Å². The highest BCUT2D eigenvalue weighted by molar-refractivity contribution is 7.91. The van der Waals surface area contributed by atoms with Crippen molar-refractivity contribution in [3.05, 3.63) is 29.8 Å². The second kappa shape index (κ2) is 7.42. The summed E-state index contributed by atoms with van der Waals surface area (Å²) in [5.41, 5.74) is 5.86. The van der Waals surface area contributed by atoms with Gasteiger partial charge in [0.1, 0.15) is 0 Å². The predicted octanol–water partition coefficient (Wildman–Crippen LogP) is 1.14. The molecular formula is C14H23N3O3S. The molecule has 21 heavy (non-hydrogen) atoms. The molecule has 1 aromatic rings. The number of oxime groups is 1. The molecule has 0 bridgehead atoms. The fourth-order valence-corrected chi connectivity index (χ4v) is 3.40. The number of amidine groups is 1. The van der Waals surface area contributed by atoms with Gasteiger partial charge in [-0.1, -0.05) is 31.1 Å². The lowest BCUT2D eigenvalue weighted by atomic mass is 10.2. The van der Waals surface area contributed by atoms with Crippen LogP contribution in [-0.4, -0.2) is 50.3 Å². The Labute approximate surface area is 126 Å². The smallest absolute Gasteiger partial charge is 0.179 e. The average molecular weight is 313 g/mol. The van der Waals surface area contributed by atoms with Crippen molar-refractivity contribution >= 4 is 15.7 Å². The van der Waals surface area contributed by atoms with Crippen LogP contribution in [0.1, 0.15) is 19.4 Å². The standard InChI is InChI=1S/C14H23N3O3S/c1-11(2)10-17(3)7-8-21(19,20)13-6-4-5-12(9-13)14(15)16-18/h4-6,9,11,18H,7-8,10H2,1-3H3,(H2,15,16). The van der Waals surface area contributed by atoms with Crippen LogP contribution in [0.4, 0.5) is 0 Å². The Balaban J connectivity index is 2.84. The molecule has 0 aliphatic rings. The number of benzene rings is 1. The monoisotopic (exact) mass is 313 g/mol. The van der Waals surface area contributed by atoms with E-state index in [0.29, 0.717) is 18.0 Å². The quantitative estimate of drug-likeness (QED) is 0.341. The predicted molar refractivity (Wildman–Crippen MR) is 83.3 cm³/mol. The van der Waals surface area contributed by atoms with Crippen LogP contribution in [0.25, 0.3) is 0 Å². The lowest BCUT2D eigenvalue weighted by Crippen LogP contribution is -2.29. The topological polar surface area (TPSA) is 96.0 Å². The Morgan fingerprint density at radius 3 is 2.67 bits per heavy atom. The molecule has 0 radical (unpaired) electrons. The van der Waals surface area contributed by atoms with Gasteiger partial charge >= 0.3 is 0 Å². The highest BCUT2D eigenvalue weighted by Gasteiger charge is 2.16. The normalized spacial score (nSPS) is 13.1. The van der Waals surface area contributed by atoms with Crippen LogP contribution in [0.15, 0.2) is 34.3 Å².